The average molecular weight is 389 g/mol. The largest absolute Gasteiger partial charge is 0.490 e. The molecule has 13 heteroatoms. The smallest absolute Gasteiger partial charge is 0.475 e. The Morgan fingerprint density at radius 3 is 1.92 bits per heavy atom. The summed E-state index contributed by atoms with van der Waals surface area (Å²) in [5.41, 5.74) is 6.55. The Morgan fingerprint density at radius 2 is 1.58 bits per heavy atom. The van der Waals surface area contributed by atoms with Gasteiger partial charge in [0, 0.05) is 12.1 Å². The van der Waals surface area contributed by atoms with Crippen LogP contribution in [0.3, 0.4) is 0 Å². The Bertz CT molecular complexity index is 628. The lowest BCUT2D eigenvalue weighted by Gasteiger charge is -2.10. The molecule has 0 bridgehead atoms. The molecule has 0 aromatic heterocycles. The zero-order valence-corrected chi connectivity index (χ0v) is 12.7. The summed E-state index contributed by atoms with van der Waals surface area (Å²) in [7, 11) is 0. The van der Waals surface area contributed by atoms with Crippen molar-refractivity contribution in [1.29, 1.82) is 5.41 Å². The Labute approximate surface area is 142 Å². The first-order valence-electron chi connectivity index (χ1n) is 6.45. The van der Waals surface area contributed by atoms with Crippen molar-refractivity contribution in [2.45, 2.75) is 18.9 Å². The van der Waals surface area contributed by atoms with Crippen molar-refractivity contribution in [3.8, 4) is 0 Å². The SMILES string of the molecule is N=C(NC(=O)OCC(F)(F)F)c1ccc(CN)cc1.O=C(O)C(F)(F)F. The lowest BCUT2D eigenvalue weighted by molar-refractivity contribution is -0.192. The fraction of sp³-hybridized carbons (Fsp3) is 0.308. The normalized spacial score (nSPS) is 11.0. The minimum atomic E-state index is -5.08. The number of alkyl halides is 6. The minimum Gasteiger partial charge on any atom is -0.475 e. The summed E-state index contributed by atoms with van der Waals surface area (Å²) < 4.78 is 71.0. The minimum absolute atomic E-state index is 0.328. The molecule has 0 aliphatic rings. The molecule has 0 heterocycles. The number of amides is 1. The highest BCUT2D eigenvalue weighted by atomic mass is 19.4. The molecule has 0 atom stereocenters. The maximum absolute atomic E-state index is 11.8. The van der Waals surface area contributed by atoms with Crippen LogP contribution in [-0.2, 0) is 16.1 Å². The molecule has 1 aromatic rings. The number of hydrogen-bond donors (Lipinski definition) is 4. The second-order valence-corrected chi connectivity index (χ2v) is 4.40. The predicted octanol–water partition coefficient (Wildman–Crippen LogP) is 2.39. The summed E-state index contributed by atoms with van der Waals surface area (Å²) in [6.07, 6.45) is -11.0. The number of nitrogens with two attached hydrogens (primary N) is 1. The zero-order valence-electron chi connectivity index (χ0n) is 12.7. The van der Waals surface area contributed by atoms with Gasteiger partial charge in [-0.05, 0) is 5.56 Å². The van der Waals surface area contributed by atoms with Gasteiger partial charge in [-0.25, -0.2) is 9.59 Å². The van der Waals surface area contributed by atoms with Crippen molar-refractivity contribution in [3.05, 3.63) is 35.4 Å². The predicted molar refractivity (Wildman–Crippen MR) is 75.4 cm³/mol. The summed E-state index contributed by atoms with van der Waals surface area (Å²) in [6.45, 7) is -1.37. The van der Waals surface area contributed by atoms with Gasteiger partial charge < -0.3 is 15.6 Å². The van der Waals surface area contributed by atoms with E-state index in [9.17, 15) is 31.1 Å². The maximum Gasteiger partial charge on any atom is 0.490 e. The molecule has 0 radical (unpaired) electrons. The van der Waals surface area contributed by atoms with Crippen LogP contribution in [0.5, 0.6) is 0 Å². The number of ether oxygens (including phenoxy) is 1. The molecule has 0 spiro atoms. The Hall–Kier alpha value is -2.83. The first kappa shape index (κ1) is 23.2. The number of benzene rings is 1. The van der Waals surface area contributed by atoms with E-state index in [0.717, 1.165) is 5.56 Å². The Balaban J connectivity index is 0.000000758. The number of carboxylic acid groups (broad SMARTS) is 1. The van der Waals surface area contributed by atoms with Crippen molar-refractivity contribution < 1.29 is 45.8 Å². The Morgan fingerprint density at radius 1 is 1.12 bits per heavy atom. The van der Waals surface area contributed by atoms with Gasteiger partial charge in [0.1, 0.15) is 5.84 Å². The highest BCUT2D eigenvalue weighted by Crippen LogP contribution is 2.14. The van der Waals surface area contributed by atoms with Gasteiger partial charge in [0.05, 0.1) is 0 Å². The van der Waals surface area contributed by atoms with Crippen molar-refractivity contribution in [2.24, 2.45) is 5.73 Å². The first-order chi connectivity index (χ1) is 11.8. The van der Waals surface area contributed by atoms with Crippen LogP contribution in [-0.4, -0.2) is 42.0 Å². The van der Waals surface area contributed by atoms with Crippen molar-refractivity contribution in [1.82, 2.24) is 5.32 Å². The molecule has 1 rings (SSSR count). The van der Waals surface area contributed by atoms with E-state index in [1.54, 1.807) is 12.1 Å². The molecule has 1 amide bonds. The van der Waals surface area contributed by atoms with Gasteiger partial charge in [0.2, 0.25) is 0 Å². The topological polar surface area (TPSA) is 126 Å². The van der Waals surface area contributed by atoms with Gasteiger partial charge in [-0.2, -0.15) is 26.3 Å². The summed E-state index contributed by atoms with van der Waals surface area (Å²) in [4.78, 5) is 19.9. The van der Waals surface area contributed by atoms with Crippen LogP contribution in [0.2, 0.25) is 0 Å². The first-order valence-corrected chi connectivity index (χ1v) is 6.45. The van der Waals surface area contributed by atoms with Crippen LogP contribution in [0.1, 0.15) is 11.1 Å². The second-order valence-electron chi connectivity index (χ2n) is 4.40. The average Bonchev–Trinajstić information content (AvgIpc) is 2.52. The third-order valence-corrected chi connectivity index (χ3v) is 2.31. The molecule has 0 aliphatic heterocycles. The Kier molecular flexibility index (Phi) is 8.56. The number of carbonyl (C=O) groups is 2. The summed E-state index contributed by atoms with van der Waals surface area (Å²) >= 11 is 0. The number of nitrogens with one attached hydrogen (secondary N) is 2. The van der Waals surface area contributed by atoms with E-state index >= 15 is 0 Å². The summed E-state index contributed by atoms with van der Waals surface area (Å²) in [6, 6.07) is 6.34. The van der Waals surface area contributed by atoms with Gasteiger partial charge in [-0.15, -0.1) is 0 Å². The van der Waals surface area contributed by atoms with Crippen LogP contribution < -0.4 is 11.1 Å². The number of halogens is 6. The highest BCUT2D eigenvalue weighted by molar-refractivity contribution is 6.04. The molecule has 5 N–H and O–H groups in total. The van der Waals surface area contributed by atoms with E-state index in [1.165, 1.54) is 12.1 Å². The van der Waals surface area contributed by atoms with Gasteiger partial charge in [-0.3, -0.25) is 10.7 Å². The van der Waals surface area contributed by atoms with E-state index in [-0.39, 0.29) is 5.84 Å². The highest BCUT2D eigenvalue weighted by Gasteiger charge is 2.38. The van der Waals surface area contributed by atoms with E-state index < -0.39 is 31.0 Å². The molecule has 0 saturated heterocycles. The third-order valence-electron chi connectivity index (χ3n) is 2.31. The van der Waals surface area contributed by atoms with Gasteiger partial charge in [0.15, 0.2) is 6.61 Å². The number of rotatable bonds is 3. The molecule has 146 valence electrons. The van der Waals surface area contributed by atoms with Crippen LogP contribution in [0.4, 0.5) is 31.1 Å². The number of aliphatic carboxylic acids is 1. The molecule has 0 aliphatic carbocycles. The molecule has 0 fully saturated rings. The maximum atomic E-state index is 11.8. The van der Waals surface area contributed by atoms with Crippen LogP contribution in [0, 0.1) is 5.41 Å². The van der Waals surface area contributed by atoms with Gasteiger partial charge in [-0.1, -0.05) is 24.3 Å². The fourth-order valence-corrected chi connectivity index (χ4v) is 1.17. The molecular weight excluding hydrogens is 376 g/mol. The number of amidine groups is 1. The number of hydrogen-bond acceptors (Lipinski definition) is 5. The van der Waals surface area contributed by atoms with Crippen LogP contribution in [0.25, 0.3) is 0 Å². The van der Waals surface area contributed by atoms with Crippen molar-refractivity contribution in [3.63, 3.8) is 0 Å². The fourth-order valence-electron chi connectivity index (χ4n) is 1.17. The van der Waals surface area contributed by atoms with Crippen molar-refractivity contribution in [2.75, 3.05) is 6.61 Å². The zero-order chi connectivity index (χ0) is 20.5. The molecule has 7 nitrogen and oxygen atoms in total. The van der Waals surface area contributed by atoms with Crippen LogP contribution >= 0.6 is 0 Å². The van der Waals surface area contributed by atoms with Gasteiger partial charge in [0.25, 0.3) is 0 Å². The monoisotopic (exact) mass is 389 g/mol. The van der Waals surface area contributed by atoms with E-state index in [1.807, 2.05) is 5.32 Å². The molecule has 26 heavy (non-hydrogen) atoms. The molecule has 1 aromatic carbocycles. The van der Waals surface area contributed by atoms with E-state index in [0.29, 0.717) is 12.1 Å². The molecule has 0 saturated carbocycles. The summed E-state index contributed by atoms with van der Waals surface area (Å²) in [5.74, 6) is -3.11. The van der Waals surface area contributed by atoms with E-state index in [2.05, 4.69) is 4.74 Å². The quantitative estimate of drug-likeness (QED) is 0.359. The van der Waals surface area contributed by atoms with Crippen LogP contribution in [0.15, 0.2) is 24.3 Å². The third kappa shape index (κ3) is 10.1. The number of carboxylic acids is 1. The van der Waals surface area contributed by atoms with Crippen molar-refractivity contribution >= 4 is 17.9 Å². The number of carbonyl (C=O) groups excluding carboxylic acids is 1. The van der Waals surface area contributed by atoms with E-state index in [4.69, 9.17) is 21.0 Å². The summed E-state index contributed by atoms with van der Waals surface area (Å²) in [5, 5.41) is 16.5. The number of alkyl carbamates (subject to hydrolysis) is 1. The molecule has 0 unspecified atom stereocenters. The lowest BCUT2D eigenvalue weighted by Crippen LogP contribution is -2.33. The second kappa shape index (κ2) is 9.60. The lowest BCUT2D eigenvalue weighted by atomic mass is 10.1. The standard InChI is InChI=1S/C11H12F3N3O2.C2HF3O2/c12-11(13,14)6-19-10(18)17-9(16)8-3-1-7(5-15)2-4-8;3-2(4,5)1(6)7/h1-4H,5-6,15H2,(H2,16,17,18);(H,6,7). The molecular formula is C13H13F6N3O4. The van der Waals surface area contributed by atoms with Gasteiger partial charge >= 0.3 is 24.4 Å².